The Hall–Kier alpha value is -2.86. The van der Waals surface area contributed by atoms with E-state index in [9.17, 15) is 4.79 Å². The van der Waals surface area contributed by atoms with E-state index in [-0.39, 0.29) is 5.92 Å². The molecule has 6 nitrogen and oxygen atoms in total. The largest absolute Gasteiger partial charge is 0.481 e. The Bertz CT molecular complexity index is 764. The van der Waals surface area contributed by atoms with E-state index < -0.39 is 5.97 Å². The molecule has 1 aliphatic rings. The predicted octanol–water partition coefficient (Wildman–Crippen LogP) is 3.63. The van der Waals surface area contributed by atoms with Gasteiger partial charge in [0.25, 0.3) is 0 Å². The van der Waals surface area contributed by atoms with Crippen molar-refractivity contribution in [1.82, 2.24) is 4.90 Å². The Kier molecular flexibility index (Phi) is 6.82. The molecule has 2 aromatic rings. The first-order valence-electron chi connectivity index (χ1n) is 9.14. The number of carboxylic acids is 1. The van der Waals surface area contributed by atoms with Crippen LogP contribution in [0.3, 0.4) is 0 Å². The maximum absolute atomic E-state index is 11.1. The number of nitrogens with zero attached hydrogens (tertiary/aromatic N) is 2. The van der Waals surface area contributed by atoms with Crippen LogP contribution in [0, 0.1) is 5.92 Å². The number of hydrogen-bond acceptors (Lipinski definition) is 5. The summed E-state index contributed by atoms with van der Waals surface area (Å²) in [6.07, 6.45) is 3.31. The van der Waals surface area contributed by atoms with E-state index in [4.69, 9.17) is 14.7 Å². The minimum atomic E-state index is -0.712. The third-order valence-corrected chi connectivity index (χ3v) is 4.47. The van der Waals surface area contributed by atoms with Gasteiger partial charge >= 0.3 is 5.97 Å². The Morgan fingerprint density at radius 2 is 2.00 bits per heavy atom. The van der Waals surface area contributed by atoms with Gasteiger partial charge in [-0.05, 0) is 49.2 Å². The number of likely N-dealkylation sites (tertiary alicyclic amines) is 1. The topological polar surface area (TPSA) is 71.4 Å². The second-order valence-electron chi connectivity index (χ2n) is 6.53. The first-order valence-corrected chi connectivity index (χ1v) is 9.14. The molecule has 27 heavy (non-hydrogen) atoms. The number of ether oxygens (including phenoxy) is 1. The van der Waals surface area contributed by atoms with Gasteiger partial charge in [-0.2, -0.15) is 0 Å². The molecule has 0 aliphatic carbocycles. The lowest BCUT2D eigenvalue weighted by molar-refractivity contribution is -0.143. The van der Waals surface area contributed by atoms with Crippen LogP contribution in [0.1, 0.15) is 18.4 Å². The monoisotopic (exact) mass is 368 g/mol. The summed E-state index contributed by atoms with van der Waals surface area (Å²) >= 11 is 0. The van der Waals surface area contributed by atoms with Gasteiger partial charge in [-0.15, -0.1) is 0 Å². The number of carbonyl (C=O) groups is 1. The molecule has 1 aliphatic heterocycles. The van der Waals surface area contributed by atoms with Gasteiger partial charge in [-0.25, -0.2) is 0 Å². The predicted molar refractivity (Wildman–Crippen MR) is 103 cm³/mol. The summed E-state index contributed by atoms with van der Waals surface area (Å²) in [4.78, 5) is 18.5. The summed E-state index contributed by atoms with van der Waals surface area (Å²) < 4.78 is 5.80. The zero-order chi connectivity index (χ0) is 18.9. The Morgan fingerprint density at radius 3 is 2.81 bits per heavy atom. The smallest absolute Gasteiger partial charge is 0.307 e. The highest BCUT2D eigenvalue weighted by Gasteiger charge is 2.24. The highest BCUT2D eigenvalue weighted by Crippen LogP contribution is 2.21. The van der Waals surface area contributed by atoms with Crippen LogP contribution >= 0.6 is 0 Å². The average Bonchev–Trinajstić information content (AvgIpc) is 2.69. The molecule has 1 unspecified atom stereocenters. The van der Waals surface area contributed by atoms with Crippen LogP contribution in [0.25, 0.3) is 0 Å². The molecule has 0 amide bonds. The molecule has 1 N–H and O–H groups in total. The minimum Gasteiger partial charge on any atom is -0.481 e. The number of carboxylic acid groups (broad SMARTS) is 1. The van der Waals surface area contributed by atoms with E-state index in [0.717, 1.165) is 36.4 Å². The molecule has 1 fully saturated rings. The number of para-hydroxylation sites is 1. The summed E-state index contributed by atoms with van der Waals surface area (Å²) in [6.45, 7) is 2.61. The zero-order valence-corrected chi connectivity index (χ0v) is 15.2. The fraction of sp³-hybridized carbons (Fsp3) is 0.333. The first-order chi connectivity index (χ1) is 13.2. The van der Waals surface area contributed by atoms with Crippen LogP contribution in [0.15, 0.2) is 59.8 Å². The molecule has 0 bridgehead atoms. The van der Waals surface area contributed by atoms with Crippen LogP contribution in [0.2, 0.25) is 0 Å². The maximum atomic E-state index is 11.1. The van der Waals surface area contributed by atoms with Crippen LogP contribution < -0.4 is 4.74 Å². The number of rotatable bonds is 8. The van der Waals surface area contributed by atoms with Crippen molar-refractivity contribution in [2.45, 2.75) is 12.8 Å². The van der Waals surface area contributed by atoms with Crippen LogP contribution in [0.5, 0.6) is 11.5 Å². The molecule has 3 rings (SSSR count). The van der Waals surface area contributed by atoms with Crippen molar-refractivity contribution in [3.8, 4) is 11.5 Å². The fourth-order valence-corrected chi connectivity index (χ4v) is 3.06. The van der Waals surface area contributed by atoms with Gasteiger partial charge in [0.2, 0.25) is 0 Å². The molecule has 142 valence electrons. The van der Waals surface area contributed by atoms with E-state index in [1.54, 1.807) is 6.21 Å². The number of piperidine rings is 1. The van der Waals surface area contributed by atoms with Crippen molar-refractivity contribution in [2.24, 2.45) is 11.1 Å². The third-order valence-electron chi connectivity index (χ3n) is 4.47. The Balaban J connectivity index is 1.43. The van der Waals surface area contributed by atoms with E-state index in [0.29, 0.717) is 19.7 Å². The molecule has 0 radical (unpaired) electrons. The van der Waals surface area contributed by atoms with E-state index >= 15 is 0 Å². The molecule has 1 saturated heterocycles. The summed E-state index contributed by atoms with van der Waals surface area (Å²) in [5.74, 6) is 0.535. The van der Waals surface area contributed by atoms with Crippen LogP contribution in [-0.2, 0) is 9.63 Å². The molecule has 1 atom stereocenters. The second-order valence-corrected chi connectivity index (χ2v) is 6.53. The lowest BCUT2D eigenvalue weighted by atomic mass is 9.98. The summed E-state index contributed by atoms with van der Waals surface area (Å²) in [6, 6.07) is 17.2. The van der Waals surface area contributed by atoms with Gasteiger partial charge in [-0.1, -0.05) is 35.5 Å². The molecule has 1 heterocycles. The lowest BCUT2D eigenvalue weighted by Gasteiger charge is -2.29. The number of hydrogen-bond donors (Lipinski definition) is 1. The standard InChI is InChI=1S/C21H24N2O4/c24-21(25)18-7-5-11-23(16-18)12-13-26-22-15-17-6-4-10-20(14-17)27-19-8-2-1-3-9-19/h1-4,6,8-10,14-15,18H,5,7,11-13,16H2,(H,24,25)/b22-15+. The van der Waals surface area contributed by atoms with Gasteiger partial charge in [-0.3, -0.25) is 9.69 Å². The number of benzene rings is 2. The molecule has 0 spiro atoms. The zero-order valence-electron chi connectivity index (χ0n) is 15.2. The first kappa shape index (κ1) is 18.9. The number of oxime groups is 1. The highest BCUT2D eigenvalue weighted by molar-refractivity contribution is 5.79. The average molecular weight is 368 g/mol. The van der Waals surface area contributed by atoms with E-state index in [1.165, 1.54) is 0 Å². The summed E-state index contributed by atoms with van der Waals surface area (Å²) in [5.41, 5.74) is 0.882. The maximum Gasteiger partial charge on any atom is 0.307 e. The van der Waals surface area contributed by atoms with Gasteiger partial charge in [0.05, 0.1) is 12.1 Å². The van der Waals surface area contributed by atoms with Gasteiger partial charge in [0.1, 0.15) is 18.1 Å². The minimum absolute atomic E-state index is 0.269. The van der Waals surface area contributed by atoms with E-state index in [1.807, 2.05) is 54.6 Å². The van der Waals surface area contributed by atoms with Gasteiger partial charge < -0.3 is 14.7 Å². The van der Waals surface area contributed by atoms with Crippen molar-refractivity contribution >= 4 is 12.2 Å². The second kappa shape index (κ2) is 9.73. The lowest BCUT2D eigenvalue weighted by Crippen LogP contribution is -2.40. The number of aliphatic carboxylic acids is 1. The Morgan fingerprint density at radius 1 is 1.19 bits per heavy atom. The molecule has 0 saturated carbocycles. The van der Waals surface area contributed by atoms with Crippen molar-refractivity contribution in [2.75, 3.05) is 26.2 Å². The normalized spacial score (nSPS) is 17.7. The van der Waals surface area contributed by atoms with Crippen LogP contribution in [0.4, 0.5) is 0 Å². The fourth-order valence-electron chi connectivity index (χ4n) is 3.06. The molecule has 0 aromatic heterocycles. The van der Waals surface area contributed by atoms with Crippen molar-refractivity contribution < 1.29 is 19.5 Å². The van der Waals surface area contributed by atoms with Crippen molar-refractivity contribution in [3.05, 3.63) is 60.2 Å². The van der Waals surface area contributed by atoms with Crippen LogP contribution in [-0.4, -0.2) is 48.4 Å². The molecule has 2 aromatic carbocycles. The molecular formula is C21H24N2O4. The molecular weight excluding hydrogens is 344 g/mol. The quantitative estimate of drug-likeness (QED) is 0.438. The van der Waals surface area contributed by atoms with Gasteiger partial charge in [0, 0.05) is 13.1 Å². The van der Waals surface area contributed by atoms with Gasteiger partial charge in [0.15, 0.2) is 0 Å². The Labute approximate surface area is 159 Å². The summed E-state index contributed by atoms with van der Waals surface area (Å²) in [5, 5.41) is 13.1. The van der Waals surface area contributed by atoms with E-state index in [2.05, 4.69) is 10.1 Å². The van der Waals surface area contributed by atoms with Crippen molar-refractivity contribution in [3.63, 3.8) is 0 Å². The SMILES string of the molecule is O=C(O)C1CCCN(CCO/N=C/c2cccc(Oc3ccccc3)c2)C1. The summed E-state index contributed by atoms with van der Waals surface area (Å²) in [7, 11) is 0. The molecule has 6 heteroatoms. The third kappa shape index (κ3) is 6.11. The highest BCUT2D eigenvalue weighted by atomic mass is 16.6. The van der Waals surface area contributed by atoms with Crippen molar-refractivity contribution in [1.29, 1.82) is 0 Å².